The first-order valence-electron chi connectivity index (χ1n) is 26.8. The summed E-state index contributed by atoms with van der Waals surface area (Å²) in [6, 6.07) is -12.5. The van der Waals surface area contributed by atoms with Crippen molar-refractivity contribution >= 4 is 90.8 Å². The van der Waals surface area contributed by atoms with Crippen molar-refractivity contribution in [2.75, 3.05) is 13.2 Å². The third-order valence-corrected chi connectivity index (χ3v) is 13.8. The van der Waals surface area contributed by atoms with Crippen LogP contribution in [0.4, 0.5) is 0 Å². The summed E-state index contributed by atoms with van der Waals surface area (Å²) in [4.78, 5) is 204. The van der Waals surface area contributed by atoms with Crippen molar-refractivity contribution < 1.29 is 122 Å². The number of phosphoric ester groups is 1. The Hall–Kier alpha value is -8.37. The van der Waals surface area contributed by atoms with Gasteiger partial charge in [-0.1, -0.05) is 46.2 Å². The van der Waals surface area contributed by atoms with Gasteiger partial charge in [-0.3, -0.25) is 66.9 Å². The molecule has 0 bridgehead atoms. The molecule has 1 aromatic rings. The number of nitrogens with one attached hydrogen (secondary N) is 8. The lowest BCUT2D eigenvalue weighted by Gasteiger charge is -2.31. The molecule has 21 N–H and O–H groups in total. The van der Waals surface area contributed by atoms with Crippen molar-refractivity contribution in [1.82, 2.24) is 47.4 Å². The number of carboxylic acid groups (broad SMARTS) is 4. The highest BCUT2D eigenvalue weighted by Gasteiger charge is 2.43. The Morgan fingerprint density at radius 3 is 1.67 bits per heavy atom. The summed E-state index contributed by atoms with van der Waals surface area (Å²) in [5.41, 5.74) is 8.92. The van der Waals surface area contributed by atoms with Gasteiger partial charge >= 0.3 is 31.7 Å². The van der Waals surface area contributed by atoms with Gasteiger partial charge in [-0.25, -0.2) is 9.36 Å². The highest BCUT2D eigenvalue weighted by molar-refractivity contribution is 7.46. The summed E-state index contributed by atoms with van der Waals surface area (Å²) >= 11 is 0. The van der Waals surface area contributed by atoms with Crippen LogP contribution in [0.1, 0.15) is 98.0 Å². The number of quaternary nitrogens is 1. The molecule has 0 unspecified atom stereocenters. The van der Waals surface area contributed by atoms with Crippen LogP contribution >= 0.6 is 7.82 Å². The van der Waals surface area contributed by atoms with E-state index in [4.69, 9.17) is 10.3 Å². The highest BCUT2D eigenvalue weighted by atomic mass is 31.2. The smallest absolute Gasteiger partial charge is 0.469 e. The lowest BCUT2D eigenvalue weighted by atomic mass is 9.96. The fourth-order valence-electron chi connectivity index (χ4n) is 8.61. The van der Waals surface area contributed by atoms with Gasteiger partial charge in [0.05, 0.1) is 32.0 Å². The number of phenols is 1. The van der Waals surface area contributed by atoms with Gasteiger partial charge in [0.1, 0.15) is 60.1 Å². The first kappa shape index (κ1) is 73.7. The monoisotopic (exact) mass is 1250 g/mol. The third-order valence-electron chi connectivity index (χ3n) is 13.2. The Morgan fingerprint density at radius 2 is 1.15 bits per heavy atom. The number of rotatable bonds is 37. The van der Waals surface area contributed by atoms with Crippen molar-refractivity contribution in [3.05, 3.63) is 29.8 Å². The molecular formula is C50H77N11O24P+. The topological polar surface area (TPSA) is 580 Å². The second kappa shape index (κ2) is 34.6. The van der Waals surface area contributed by atoms with Crippen LogP contribution in [0.15, 0.2) is 24.3 Å². The summed E-state index contributed by atoms with van der Waals surface area (Å²) in [5.74, 6) is -19.7. The molecule has 0 saturated carbocycles. The van der Waals surface area contributed by atoms with E-state index >= 15 is 0 Å². The Bertz CT molecular complexity index is 2690. The molecule has 10 amide bonds. The van der Waals surface area contributed by atoms with Gasteiger partial charge < -0.3 is 99.3 Å². The van der Waals surface area contributed by atoms with Crippen LogP contribution in [0.5, 0.6) is 5.75 Å². The zero-order valence-electron chi connectivity index (χ0n) is 47.6. The summed E-state index contributed by atoms with van der Waals surface area (Å²) in [5, 5.41) is 75.7. The van der Waals surface area contributed by atoms with Gasteiger partial charge in [0.15, 0.2) is 6.04 Å². The second-order valence-electron chi connectivity index (χ2n) is 20.7. The Kier molecular flexibility index (Phi) is 29.6. The van der Waals surface area contributed by atoms with Gasteiger partial charge in [-0.05, 0) is 62.1 Å². The predicted octanol–water partition coefficient (Wildman–Crippen LogP) is -6.23. The molecule has 1 saturated heterocycles. The lowest BCUT2D eigenvalue weighted by Crippen LogP contribution is -2.70. The number of carbonyl (C=O) groups is 14. The maximum atomic E-state index is 14.3. The molecule has 0 radical (unpaired) electrons. The molecule has 12 atom stereocenters. The number of aliphatic carboxylic acids is 4. The largest absolute Gasteiger partial charge is 0.508 e. The minimum atomic E-state index is -5.57. The molecule has 35 nitrogen and oxygen atoms in total. The first-order valence-corrected chi connectivity index (χ1v) is 28.4. The second-order valence-corrected chi connectivity index (χ2v) is 21.9. The number of aromatic hydroxyl groups is 1. The molecular weight excluding hydrogens is 1170 g/mol. The molecule has 1 aliphatic heterocycles. The number of aliphatic hydroxyl groups is 1. The third kappa shape index (κ3) is 25.1. The molecule has 86 heavy (non-hydrogen) atoms. The number of phenolic OH excluding ortho intramolecular Hbond substituents is 1. The van der Waals surface area contributed by atoms with Crippen LogP contribution in [-0.4, -0.2) is 208 Å². The van der Waals surface area contributed by atoms with Crippen LogP contribution < -0.4 is 54.0 Å². The average Bonchev–Trinajstić information content (AvgIpc) is 2.68. The fraction of sp³-hybridized carbons (Fsp3) is 0.600. The average molecular weight is 1250 g/mol. The van der Waals surface area contributed by atoms with Gasteiger partial charge in [0.2, 0.25) is 53.2 Å². The fourth-order valence-corrected chi connectivity index (χ4v) is 9.16. The number of amides is 10. The number of phosphoric acid groups is 1. The number of aliphatic hydroxyl groups excluding tert-OH is 1. The van der Waals surface area contributed by atoms with E-state index in [2.05, 4.69) is 43.0 Å². The number of nitrogens with two attached hydrogens (primary N) is 1. The standard InChI is InChI=1S/C50H76N11O24P/c1-6-23(4)39(47(77)56-30(17-25-9-11-26(63)12-10-25)44(74)58-33(21-62)50(80)81)59-42(72)28(13-14-36(65)66)53-43(73)29(16-22(2)3)55-48(78)40(24(5)85-86(82,83)84)60-45(75)31(19-37(67)68)54-46(76)34-8-7-15-61(34)49(79)32(20-38(69)70)57-41(71)27(51)18-35(52)64/h9-12,22-24,27-34,39-40,62-63H,6-8,13-21,51H2,1-5H3,(H2,52,64)(H,53,73)(H,54,76)(H,55,78)(H,56,77)(H,57,71)(H,58,74)(H,59,72)(H,60,75)(H,65,66)(H,67,68)(H,69,70)(H,80,81)(H2,82,83,84)/p+1/t23-,24+,27-,28-,29-,30-,31-,32-,33-,34-,39-,40-/m0/s1. The van der Waals surface area contributed by atoms with Crippen LogP contribution in [-0.2, 0) is 82.6 Å². The number of hydrogen-bond acceptors (Lipinski definition) is 18. The van der Waals surface area contributed by atoms with E-state index in [1.807, 2.05) is 5.32 Å². The van der Waals surface area contributed by atoms with Gasteiger partial charge in [0, 0.05) is 19.4 Å². The Labute approximate surface area is 491 Å². The van der Waals surface area contributed by atoms with E-state index < -0.39 is 208 Å². The molecule has 1 heterocycles. The molecule has 1 fully saturated rings. The number of likely N-dealkylation sites (tertiary alicyclic amines) is 1. The summed E-state index contributed by atoms with van der Waals surface area (Å²) in [7, 11) is -5.57. The number of carbonyl (C=O) groups excluding carboxylic acids is 10. The lowest BCUT2D eigenvalue weighted by molar-refractivity contribution is -0.402. The van der Waals surface area contributed by atoms with E-state index in [1.54, 1.807) is 20.8 Å². The zero-order valence-corrected chi connectivity index (χ0v) is 48.5. The van der Waals surface area contributed by atoms with Gasteiger partial charge in [0.25, 0.3) is 5.91 Å². The Morgan fingerprint density at radius 1 is 0.651 bits per heavy atom. The normalized spacial score (nSPS) is 17.0. The number of carboxylic acids is 4. The number of benzene rings is 1. The van der Waals surface area contributed by atoms with Crippen LogP contribution in [0, 0.1) is 11.8 Å². The SMILES string of the molecule is CC[C@H](C)[C@H](NC(=O)[C@H](CCC(=O)O)NC(=O)[C@H](CC(C)C)NC(=O)[C@@H](NC(=O)[C@H](CC(=O)O)NC(=O)[C@@H]1CCCN1C(=O)[C@H](CC(=O)O)NC(=O)[C@@H]([NH3+])CC(N)=O)[C@@H](C)OP(=O)(O)O)C(=O)N[C@@H](Cc1ccc(O)cc1)C(=O)N[C@@H](CO)C(=O)O. The van der Waals surface area contributed by atoms with E-state index in [0.717, 1.165) is 11.8 Å². The van der Waals surface area contributed by atoms with Crippen molar-refractivity contribution in [2.24, 2.45) is 17.6 Å². The first-order chi connectivity index (χ1) is 40.0. The van der Waals surface area contributed by atoms with Crippen LogP contribution in [0.25, 0.3) is 0 Å². The molecule has 1 aliphatic rings. The zero-order chi connectivity index (χ0) is 65.5. The molecule has 480 valence electrons. The van der Waals surface area contributed by atoms with E-state index in [-0.39, 0.29) is 44.4 Å². The van der Waals surface area contributed by atoms with Crippen LogP contribution in [0.2, 0.25) is 0 Å². The van der Waals surface area contributed by atoms with Crippen LogP contribution in [0.3, 0.4) is 0 Å². The minimum Gasteiger partial charge on any atom is -0.508 e. The summed E-state index contributed by atoms with van der Waals surface area (Å²) in [6.45, 7) is 5.83. The van der Waals surface area contributed by atoms with E-state index in [1.165, 1.54) is 31.2 Å². The van der Waals surface area contributed by atoms with E-state index in [9.17, 15) is 112 Å². The number of nitrogens with zero attached hydrogens (tertiary/aromatic N) is 1. The van der Waals surface area contributed by atoms with E-state index in [0.29, 0.717) is 5.56 Å². The summed E-state index contributed by atoms with van der Waals surface area (Å²) in [6.07, 6.45) is -6.95. The van der Waals surface area contributed by atoms with Crippen molar-refractivity contribution in [2.45, 2.75) is 165 Å². The Balaban J connectivity index is 2.53. The van der Waals surface area contributed by atoms with Crippen molar-refractivity contribution in [3.8, 4) is 5.75 Å². The molecule has 1 aromatic carbocycles. The maximum Gasteiger partial charge on any atom is 0.469 e. The summed E-state index contributed by atoms with van der Waals surface area (Å²) < 4.78 is 16.8. The molecule has 0 spiro atoms. The van der Waals surface area contributed by atoms with Crippen molar-refractivity contribution in [3.63, 3.8) is 0 Å². The van der Waals surface area contributed by atoms with Crippen molar-refractivity contribution in [1.29, 1.82) is 0 Å². The highest BCUT2D eigenvalue weighted by Crippen LogP contribution is 2.38. The number of primary amides is 1. The minimum absolute atomic E-state index is 0.0796. The molecule has 2 rings (SSSR count). The molecule has 0 aliphatic carbocycles. The molecule has 36 heteroatoms. The van der Waals surface area contributed by atoms with Gasteiger partial charge in [-0.15, -0.1) is 0 Å². The maximum absolute atomic E-state index is 14.3. The number of hydrogen-bond donors (Lipinski definition) is 18. The van der Waals surface area contributed by atoms with Gasteiger partial charge in [-0.2, -0.15) is 0 Å². The quantitative estimate of drug-likeness (QED) is 0.0276. The predicted molar refractivity (Wildman–Crippen MR) is 290 cm³/mol. The molecule has 0 aromatic heterocycles.